The summed E-state index contributed by atoms with van der Waals surface area (Å²) >= 11 is 3.15. The number of hydrogen-bond donors (Lipinski definition) is 1. The number of thiazole rings is 1. The van der Waals surface area contributed by atoms with Crippen molar-refractivity contribution in [2.75, 3.05) is 18.7 Å². The topological polar surface area (TPSA) is 51.2 Å². The first-order valence-corrected chi connectivity index (χ1v) is 9.81. The largest absolute Gasteiger partial charge is 0.497 e. The van der Waals surface area contributed by atoms with Crippen molar-refractivity contribution in [2.45, 2.75) is 11.3 Å². The second-order valence-electron chi connectivity index (χ2n) is 5.30. The van der Waals surface area contributed by atoms with Crippen LogP contribution < -0.4 is 10.1 Å². The lowest BCUT2D eigenvalue weighted by molar-refractivity contribution is -0.115. The molecule has 1 heterocycles. The van der Waals surface area contributed by atoms with Gasteiger partial charge in [-0.3, -0.25) is 4.79 Å². The van der Waals surface area contributed by atoms with E-state index in [1.165, 1.54) is 11.3 Å². The van der Waals surface area contributed by atoms with Gasteiger partial charge in [-0.25, -0.2) is 4.98 Å². The van der Waals surface area contributed by atoms with Crippen LogP contribution in [0.2, 0.25) is 0 Å². The van der Waals surface area contributed by atoms with Crippen molar-refractivity contribution in [3.63, 3.8) is 0 Å². The molecule has 0 saturated heterocycles. The lowest BCUT2D eigenvalue weighted by Gasteiger charge is -2.08. The molecule has 1 amide bonds. The zero-order valence-corrected chi connectivity index (χ0v) is 15.6. The number of nitrogens with one attached hydrogen (secondary N) is 1. The first-order valence-electron chi connectivity index (χ1n) is 7.71. The summed E-state index contributed by atoms with van der Waals surface area (Å²) in [6.07, 6.45) is 2.25. The maximum absolute atomic E-state index is 12.3. The fourth-order valence-electron chi connectivity index (χ4n) is 2.36. The molecule has 3 rings (SSSR count). The van der Waals surface area contributed by atoms with Crippen LogP contribution in [-0.2, 0) is 11.2 Å². The Kier molecular flexibility index (Phi) is 5.73. The van der Waals surface area contributed by atoms with Gasteiger partial charge in [-0.1, -0.05) is 12.1 Å². The molecule has 4 nitrogen and oxygen atoms in total. The highest BCUT2D eigenvalue weighted by molar-refractivity contribution is 7.98. The number of rotatable bonds is 6. The Balaban J connectivity index is 1.67. The fraction of sp³-hybridized carbons (Fsp3) is 0.158. The molecule has 2 aromatic carbocycles. The van der Waals surface area contributed by atoms with Crippen molar-refractivity contribution < 1.29 is 9.53 Å². The van der Waals surface area contributed by atoms with Gasteiger partial charge in [-0.05, 0) is 42.7 Å². The number of carbonyl (C=O) groups excluding carboxylic acids is 1. The normalized spacial score (nSPS) is 10.5. The van der Waals surface area contributed by atoms with E-state index < -0.39 is 0 Å². The van der Waals surface area contributed by atoms with E-state index in [0.29, 0.717) is 0 Å². The Morgan fingerprint density at radius 2 is 1.96 bits per heavy atom. The molecule has 25 heavy (non-hydrogen) atoms. The van der Waals surface area contributed by atoms with Crippen LogP contribution in [0.3, 0.4) is 0 Å². The molecule has 3 aromatic rings. The second-order valence-corrected chi connectivity index (χ2v) is 7.00. The van der Waals surface area contributed by atoms with Gasteiger partial charge in [0.05, 0.1) is 24.9 Å². The van der Waals surface area contributed by atoms with Crippen LogP contribution in [0.25, 0.3) is 10.6 Å². The van der Waals surface area contributed by atoms with Crippen molar-refractivity contribution in [2.24, 2.45) is 0 Å². The maximum Gasteiger partial charge on any atom is 0.230 e. The molecule has 0 atom stereocenters. The van der Waals surface area contributed by atoms with E-state index in [-0.39, 0.29) is 12.3 Å². The van der Waals surface area contributed by atoms with Crippen molar-refractivity contribution in [1.29, 1.82) is 0 Å². The molecule has 6 heteroatoms. The van der Waals surface area contributed by atoms with Gasteiger partial charge in [0, 0.05) is 15.8 Å². The number of ether oxygens (including phenoxy) is 1. The van der Waals surface area contributed by atoms with Gasteiger partial charge >= 0.3 is 0 Å². The third kappa shape index (κ3) is 4.41. The molecule has 0 aliphatic heterocycles. The van der Waals surface area contributed by atoms with Crippen molar-refractivity contribution in [1.82, 2.24) is 4.98 Å². The smallest absolute Gasteiger partial charge is 0.230 e. The van der Waals surface area contributed by atoms with E-state index in [1.807, 2.05) is 60.2 Å². The van der Waals surface area contributed by atoms with E-state index in [0.717, 1.165) is 32.6 Å². The van der Waals surface area contributed by atoms with Crippen LogP contribution >= 0.6 is 23.1 Å². The average Bonchev–Trinajstić information content (AvgIpc) is 3.10. The molecule has 0 bridgehead atoms. The van der Waals surface area contributed by atoms with Crippen molar-refractivity contribution >= 4 is 34.7 Å². The summed E-state index contributed by atoms with van der Waals surface area (Å²) < 4.78 is 5.17. The molecule has 0 fully saturated rings. The summed E-state index contributed by atoms with van der Waals surface area (Å²) in [5, 5.41) is 5.79. The average molecular weight is 370 g/mol. The number of anilines is 1. The lowest BCUT2D eigenvalue weighted by atomic mass is 10.2. The van der Waals surface area contributed by atoms with Crippen molar-refractivity contribution in [3.05, 3.63) is 59.6 Å². The van der Waals surface area contributed by atoms with E-state index >= 15 is 0 Å². The predicted molar refractivity (Wildman–Crippen MR) is 105 cm³/mol. The quantitative estimate of drug-likeness (QED) is 0.638. The van der Waals surface area contributed by atoms with Crippen molar-refractivity contribution in [3.8, 4) is 16.3 Å². The maximum atomic E-state index is 12.3. The Bertz CT molecular complexity index is 860. The summed E-state index contributed by atoms with van der Waals surface area (Å²) in [6.45, 7) is 0. The van der Waals surface area contributed by atoms with E-state index in [9.17, 15) is 4.79 Å². The highest BCUT2D eigenvalue weighted by Gasteiger charge is 2.11. The van der Waals surface area contributed by atoms with Crippen LogP contribution in [0, 0.1) is 0 Å². The van der Waals surface area contributed by atoms with E-state index in [4.69, 9.17) is 4.74 Å². The minimum absolute atomic E-state index is 0.0620. The summed E-state index contributed by atoms with van der Waals surface area (Å²) in [5.74, 6) is 0.750. The standard InChI is InChI=1S/C19H18N2O2S2/c1-23-15-9-7-13(8-10-15)19-20-14(12-25-19)11-18(22)21-16-5-3-4-6-17(16)24-2/h3-10,12H,11H2,1-2H3,(H,21,22). The molecule has 1 aromatic heterocycles. The number of thioether (sulfide) groups is 1. The molecular formula is C19H18N2O2S2. The summed E-state index contributed by atoms with van der Waals surface area (Å²) in [6, 6.07) is 15.5. The van der Waals surface area contributed by atoms with Crippen LogP contribution in [0.5, 0.6) is 5.75 Å². The molecule has 0 unspecified atom stereocenters. The molecule has 1 N–H and O–H groups in total. The summed E-state index contributed by atoms with van der Waals surface area (Å²) in [4.78, 5) is 17.9. The third-order valence-electron chi connectivity index (χ3n) is 3.61. The number of carbonyl (C=O) groups is 1. The number of aromatic nitrogens is 1. The van der Waals surface area contributed by atoms with Gasteiger partial charge in [-0.15, -0.1) is 23.1 Å². The van der Waals surface area contributed by atoms with Crippen LogP contribution in [0.15, 0.2) is 58.8 Å². The fourth-order valence-corrected chi connectivity index (χ4v) is 3.74. The lowest BCUT2D eigenvalue weighted by Crippen LogP contribution is -2.15. The molecule has 0 saturated carbocycles. The molecule has 0 radical (unpaired) electrons. The number of methoxy groups -OCH3 is 1. The van der Waals surface area contributed by atoms with Crippen LogP contribution in [-0.4, -0.2) is 24.3 Å². The van der Waals surface area contributed by atoms with Gasteiger partial charge in [-0.2, -0.15) is 0 Å². The highest BCUT2D eigenvalue weighted by atomic mass is 32.2. The number of nitrogens with zero attached hydrogens (tertiary/aromatic N) is 1. The van der Waals surface area contributed by atoms with Gasteiger partial charge in [0.25, 0.3) is 0 Å². The number of amides is 1. The molecule has 128 valence electrons. The third-order valence-corrected chi connectivity index (χ3v) is 5.35. The monoisotopic (exact) mass is 370 g/mol. The zero-order chi connectivity index (χ0) is 17.6. The number of hydrogen-bond acceptors (Lipinski definition) is 5. The SMILES string of the molecule is COc1ccc(-c2nc(CC(=O)Nc3ccccc3SC)cs2)cc1. The highest BCUT2D eigenvalue weighted by Crippen LogP contribution is 2.27. The molecule has 0 aliphatic rings. The van der Waals surface area contributed by atoms with E-state index in [2.05, 4.69) is 10.3 Å². The molecule has 0 aliphatic carbocycles. The molecule has 0 spiro atoms. The van der Waals surface area contributed by atoms with E-state index in [1.54, 1.807) is 18.9 Å². The summed E-state index contributed by atoms with van der Waals surface area (Å²) in [7, 11) is 1.64. The second kappa shape index (κ2) is 8.18. The molecular weight excluding hydrogens is 352 g/mol. The van der Waals surface area contributed by atoms with Gasteiger partial charge < -0.3 is 10.1 Å². The Morgan fingerprint density at radius 1 is 1.20 bits per heavy atom. The van der Waals surface area contributed by atoms with Crippen LogP contribution in [0.1, 0.15) is 5.69 Å². The number of para-hydroxylation sites is 1. The zero-order valence-electron chi connectivity index (χ0n) is 14.0. The summed E-state index contributed by atoms with van der Waals surface area (Å²) in [5.41, 5.74) is 2.63. The minimum atomic E-state index is -0.0620. The Labute approximate surface area is 155 Å². The first kappa shape index (κ1) is 17.5. The Hall–Kier alpha value is -2.31. The van der Waals surface area contributed by atoms with Gasteiger partial charge in [0.1, 0.15) is 10.8 Å². The minimum Gasteiger partial charge on any atom is -0.497 e. The first-order chi connectivity index (χ1) is 12.2. The van der Waals surface area contributed by atoms with Crippen LogP contribution in [0.4, 0.5) is 5.69 Å². The predicted octanol–water partition coefficient (Wildman–Crippen LogP) is 4.72. The number of benzene rings is 2. The Morgan fingerprint density at radius 3 is 2.68 bits per heavy atom. The van der Waals surface area contributed by atoms with Gasteiger partial charge in [0.15, 0.2) is 0 Å². The van der Waals surface area contributed by atoms with Gasteiger partial charge in [0.2, 0.25) is 5.91 Å².